The van der Waals surface area contributed by atoms with E-state index in [2.05, 4.69) is 4.98 Å². The van der Waals surface area contributed by atoms with E-state index in [1.54, 1.807) is 45.2 Å². The molecule has 0 spiro atoms. The van der Waals surface area contributed by atoms with Crippen molar-refractivity contribution in [1.29, 1.82) is 0 Å². The molecule has 2 rings (SSSR count). The molecule has 0 saturated heterocycles. The smallest absolute Gasteiger partial charge is 0.419 e. The Kier molecular flexibility index (Phi) is 3.88. The van der Waals surface area contributed by atoms with Gasteiger partial charge in [0.2, 0.25) is 0 Å². The molecule has 0 radical (unpaired) electrons. The molecule has 0 aliphatic heterocycles. The topological polar surface area (TPSA) is 73.3 Å². The van der Waals surface area contributed by atoms with Crippen molar-refractivity contribution < 1.29 is 19.1 Å². The van der Waals surface area contributed by atoms with Crippen molar-refractivity contribution in [3.05, 3.63) is 30.1 Å². The predicted molar refractivity (Wildman–Crippen MR) is 77.8 cm³/mol. The summed E-state index contributed by atoms with van der Waals surface area (Å²) in [7, 11) is 1.48. The molecule has 2 aromatic heterocycles. The molecule has 0 bridgehead atoms. The molecule has 1 N–H and O–H groups in total. The van der Waals surface area contributed by atoms with Gasteiger partial charge in [-0.1, -0.05) is 0 Å². The third-order valence-corrected chi connectivity index (χ3v) is 2.76. The van der Waals surface area contributed by atoms with Crippen LogP contribution in [0.1, 0.15) is 31.3 Å². The second kappa shape index (κ2) is 5.47. The standard InChI is InChI=1S/C15H18N2O4/c1-15(2,3)21-14(19)17-7-5-6-12(17)10-8-13(20-4)11(9-18)16-10/h5-9,16H,1-4H3. The SMILES string of the molecule is COc1cc(-c2cccn2C(=O)OC(C)(C)C)[nH]c1C=O. The van der Waals surface area contributed by atoms with Gasteiger partial charge in [0.25, 0.3) is 0 Å². The van der Waals surface area contributed by atoms with Gasteiger partial charge in [-0.05, 0) is 32.9 Å². The van der Waals surface area contributed by atoms with Crippen molar-refractivity contribution in [3.8, 4) is 17.1 Å². The lowest BCUT2D eigenvalue weighted by molar-refractivity contribution is 0.0540. The highest BCUT2D eigenvalue weighted by molar-refractivity contribution is 5.82. The average Bonchev–Trinajstić information content (AvgIpc) is 3.02. The summed E-state index contributed by atoms with van der Waals surface area (Å²) in [6.45, 7) is 5.41. The van der Waals surface area contributed by atoms with E-state index < -0.39 is 11.7 Å². The number of aromatic nitrogens is 2. The highest BCUT2D eigenvalue weighted by Crippen LogP contribution is 2.27. The zero-order chi connectivity index (χ0) is 15.6. The molecule has 0 fully saturated rings. The van der Waals surface area contributed by atoms with Crippen LogP contribution in [0.5, 0.6) is 5.75 Å². The minimum atomic E-state index is -0.583. The molecule has 0 aromatic carbocycles. The number of methoxy groups -OCH3 is 1. The normalized spacial score (nSPS) is 11.2. The first kappa shape index (κ1) is 14.9. The number of ether oxygens (including phenoxy) is 2. The van der Waals surface area contributed by atoms with Crippen LogP contribution in [0.4, 0.5) is 4.79 Å². The van der Waals surface area contributed by atoms with Crippen LogP contribution in [-0.2, 0) is 4.74 Å². The maximum Gasteiger partial charge on any atom is 0.419 e. The number of H-pyrrole nitrogens is 1. The number of aldehydes is 1. The molecular weight excluding hydrogens is 272 g/mol. The second-order valence-electron chi connectivity index (χ2n) is 5.53. The number of aromatic amines is 1. The van der Waals surface area contributed by atoms with Gasteiger partial charge < -0.3 is 14.5 Å². The van der Waals surface area contributed by atoms with Gasteiger partial charge in [0.05, 0.1) is 18.5 Å². The average molecular weight is 290 g/mol. The molecule has 0 atom stereocenters. The van der Waals surface area contributed by atoms with Crippen LogP contribution in [0.3, 0.4) is 0 Å². The molecule has 21 heavy (non-hydrogen) atoms. The number of nitrogens with one attached hydrogen (secondary N) is 1. The lowest BCUT2D eigenvalue weighted by atomic mass is 10.2. The quantitative estimate of drug-likeness (QED) is 0.882. The minimum absolute atomic E-state index is 0.324. The molecule has 0 amide bonds. The second-order valence-corrected chi connectivity index (χ2v) is 5.53. The molecule has 0 aliphatic carbocycles. The zero-order valence-corrected chi connectivity index (χ0v) is 12.5. The van der Waals surface area contributed by atoms with E-state index in [4.69, 9.17) is 9.47 Å². The van der Waals surface area contributed by atoms with E-state index in [0.717, 1.165) is 0 Å². The Hall–Kier alpha value is -2.50. The van der Waals surface area contributed by atoms with Crippen LogP contribution < -0.4 is 4.74 Å². The first-order valence-corrected chi connectivity index (χ1v) is 6.49. The Morgan fingerprint density at radius 1 is 1.38 bits per heavy atom. The third-order valence-electron chi connectivity index (χ3n) is 2.76. The van der Waals surface area contributed by atoms with Gasteiger partial charge in [-0.15, -0.1) is 0 Å². The fraction of sp³-hybridized carbons (Fsp3) is 0.333. The largest absolute Gasteiger partial charge is 0.494 e. The molecule has 0 unspecified atom stereocenters. The molecule has 2 aromatic rings. The first-order valence-electron chi connectivity index (χ1n) is 6.49. The maximum absolute atomic E-state index is 12.2. The Morgan fingerprint density at radius 2 is 2.10 bits per heavy atom. The first-order chi connectivity index (χ1) is 9.85. The Bertz CT molecular complexity index is 662. The van der Waals surface area contributed by atoms with Crippen molar-refractivity contribution in [2.24, 2.45) is 0 Å². The molecule has 0 aliphatic rings. The summed E-state index contributed by atoms with van der Waals surface area (Å²) in [4.78, 5) is 26.1. The third kappa shape index (κ3) is 3.16. The molecule has 6 heteroatoms. The Labute approximate surface area is 122 Å². The highest BCUT2D eigenvalue weighted by atomic mass is 16.6. The van der Waals surface area contributed by atoms with Crippen LogP contribution in [0.25, 0.3) is 11.4 Å². The van der Waals surface area contributed by atoms with Crippen molar-refractivity contribution in [2.45, 2.75) is 26.4 Å². The van der Waals surface area contributed by atoms with Gasteiger partial charge in [0.15, 0.2) is 6.29 Å². The lowest BCUT2D eigenvalue weighted by Gasteiger charge is -2.20. The van der Waals surface area contributed by atoms with Crippen LogP contribution in [-0.4, -0.2) is 34.6 Å². The van der Waals surface area contributed by atoms with Gasteiger partial charge in [-0.2, -0.15) is 0 Å². The highest BCUT2D eigenvalue weighted by Gasteiger charge is 2.21. The summed E-state index contributed by atoms with van der Waals surface area (Å²) in [5.41, 5.74) is 0.935. The fourth-order valence-electron chi connectivity index (χ4n) is 1.92. The number of hydrogen-bond donors (Lipinski definition) is 1. The predicted octanol–water partition coefficient (Wildman–Crippen LogP) is 3.09. The monoisotopic (exact) mass is 290 g/mol. The number of carbonyl (C=O) groups excluding carboxylic acids is 2. The summed E-state index contributed by atoms with van der Waals surface area (Å²) in [5, 5.41) is 0. The fourth-order valence-corrected chi connectivity index (χ4v) is 1.92. The molecule has 0 saturated carbocycles. The molecule has 2 heterocycles. The molecular formula is C15H18N2O4. The van der Waals surface area contributed by atoms with E-state index >= 15 is 0 Å². The van der Waals surface area contributed by atoms with E-state index in [9.17, 15) is 9.59 Å². The summed E-state index contributed by atoms with van der Waals surface area (Å²) in [5.74, 6) is 0.428. The van der Waals surface area contributed by atoms with Crippen molar-refractivity contribution >= 4 is 12.4 Å². The number of hydrogen-bond acceptors (Lipinski definition) is 4. The minimum Gasteiger partial charge on any atom is -0.494 e. The van der Waals surface area contributed by atoms with Gasteiger partial charge in [0.1, 0.15) is 17.0 Å². The zero-order valence-electron chi connectivity index (χ0n) is 12.5. The van der Waals surface area contributed by atoms with Crippen molar-refractivity contribution in [2.75, 3.05) is 7.11 Å². The maximum atomic E-state index is 12.2. The summed E-state index contributed by atoms with van der Waals surface area (Å²) < 4.78 is 11.8. The van der Waals surface area contributed by atoms with Crippen LogP contribution in [0.15, 0.2) is 24.4 Å². The van der Waals surface area contributed by atoms with Gasteiger partial charge in [0, 0.05) is 12.3 Å². The van der Waals surface area contributed by atoms with Crippen LogP contribution in [0.2, 0.25) is 0 Å². The summed E-state index contributed by atoms with van der Waals surface area (Å²) in [6, 6.07) is 5.15. The van der Waals surface area contributed by atoms with E-state index in [0.29, 0.717) is 29.1 Å². The summed E-state index contributed by atoms with van der Waals surface area (Å²) >= 11 is 0. The molecule has 6 nitrogen and oxygen atoms in total. The Morgan fingerprint density at radius 3 is 2.62 bits per heavy atom. The van der Waals surface area contributed by atoms with Crippen LogP contribution >= 0.6 is 0 Å². The summed E-state index contributed by atoms with van der Waals surface area (Å²) in [6.07, 6.45) is 1.80. The van der Waals surface area contributed by atoms with E-state index in [-0.39, 0.29) is 0 Å². The van der Waals surface area contributed by atoms with Crippen molar-refractivity contribution in [1.82, 2.24) is 9.55 Å². The van der Waals surface area contributed by atoms with Crippen LogP contribution in [0, 0.1) is 0 Å². The van der Waals surface area contributed by atoms with Gasteiger partial charge >= 0.3 is 6.09 Å². The number of nitrogens with zero attached hydrogens (tertiary/aromatic N) is 1. The van der Waals surface area contributed by atoms with E-state index in [1.165, 1.54) is 11.7 Å². The van der Waals surface area contributed by atoms with E-state index in [1.807, 2.05) is 0 Å². The van der Waals surface area contributed by atoms with Gasteiger partial charge in [-0.3, -0.25) is 9.36 Å². The number of carbonyl (C=O) groups is 2. The number of rotatable bonds is 3. The Balaban J connectivity index is 2.38. The molecule has 112 valence electrons. The lowest BCUT2D eigenvalue weighted by Crippen LogP contribution is -2.27. The van der Waals surface area contributed by atoms with Gasteiger partial charge in [-0.25, -0.2) is 4.79 Å². The van der Waals surface area contributed by atoms with Crippen molar-refractivity contribution in [3.63, 3.8) is 0 Å².